The van der Waals surface area contributed by atoms with E-state index in [1.165, 1.54) is 30.5 Å². The van der Waals surface area contributed by atoms with E-state index in [0.717, 1.165) is 25.6 Å². The lowest BCUT2D eigenvalue weighted by Gasteiger charge is -2.18. The van der Waals surface area contributed by atoms with E-state index in [9.17, 15) is 0 Å². The molecule has 1 rings (SSSR count). The van der Waals surface area contributed by atoms with E-state index in [-0.39, 0.29) is 0 Å². The molecule has 0 fully saturated rings. The topological polar surface area (TPSA) is 15.3 Å². The Labute approximate surface area is 119 Å². The highest BCUT2D eigenvalue weighted by molar-refractivity contribution is 5.23. The number of hydrogen-bond acceptors (Lipinski definition) is 2. The molecule has 1 aromatic rings. The van der Waals surface area contributed by atoms with Crippen molar-refractivity contribution in [3.8, 4) is 0 Å². The Morgan fingerprint density at radius 3 is 2.63 bits per heavy atom. The van der Waals surface area contributed by atoms with Gasteiger partial charge in [-0.2, -0.15) is 0 Å². The normalized spacial score (nSPS) is 11.5. The van der Waals surface area contributed by atoms with Crippen LogP contribution in [0.5, 0.6) is 0 Å². The largest absolute Gasteiger partial charge is 0.313 e. The van der Waals surface area contributed by atoms with E-state index < -0.39 is 0 Å². The van der Waals surface area contributed by atoms with Gasteiger partial charge in [-0.15, -0.1) is 0 Å². The van der Waals surface area contributed by atoms with Crippen LogP contribution in [0.1, 0.15) is 44.7 Å². The van der Waals surface area contributed by atoms with E-state index in [1.807, 2.05) is 0 Å². The van der Waals surface area contributed by atoms with Crippen LogP contribution in [0.15, 0.2) is 24.3 Å². The third kappa shape index (κ3) is 7.34. The zero-order chi connectivity index (χ0) is 14.1. The number of hydrogen-bond donors (Lipinski definition) is 1. The van der Waals surface area contributed by atoms with Crippen LogP contribution in [0.2, 0.25) is 0 Å². The first-order valence-corrected chi connectivity index (χ1v) is 7.59. The molecule has 0 bridgehead atoms. The molecule has 108 valence electrons. The second kappa shape index (κ2) is 9.11. The summed E-state index contributed by atoms with van der Waals surface area (Å²) in [6.45, 7) is 11.1. The van der Waals surface area contributed by atoms with E-state index in [2.05, 4.69) is 62.3 Å². The second-order valence-corrected chi connectivity index (χ2v) is 5.92. The van der Waals surface area contributed by atoms with Gasteiger partial charge in [-0.25, -0.2) is 0 Å². The number of nitrogens with one attached hydrogen (secondary N) is 1. The number of rotatable bonds is 9. The van der Waals surface area contributed by atoms with Crippen LogP contribution >= 0.6 is 0 Å². The first kappa shape index (κ1) is 16.2. The Balaban J connectivity index is 2.42. The van der Waals surface area contributed by atoms with Gasteiger partial charge < -0.3 is 10.2 Å². The lowest BCUT2D eigenvalue weighted by atomic mass is 10.1. The Morgan fingerprint density at radius 2 is 1.95 bits per heavy atom. The van der Waals surface area contributed by atoms with Gasteiger partial charge in [-0.05, 0) is 50.0 Å². The molecule has 0 aliphatic heterocycles. The fourth-order valence-corrected chi connectivity index (χ4v) is 2.12. The average Bonchev–Trinajstić information content (AvgIpc) is 2.37. The summed E-state index contributed by atoms with van der Waals surface area (Å²) in [5.41, 5.74) is 2.81. The third-order valence-electron chi connectivity index (χ3n) is 3.29. The molecule has 2 heteroatoms. The van der Waals surface area contributed by atoms with Gasteiger partial charge >= 0.3 is 0 Å². The zero-order valence-electron chi connectivity index (χ0n) is 13.1. The third-order valence-corrected chi connectivity index (χ3v) is 3.29. The lowest BCUT2D eigenvalue weighted by molar-refractivity contribution is 0.303. The molecule has 0 aliphatic rings. The summed E-state index contributed by atoms with van der Waals surface area (Å²) in [6, 6.07) is 8.94. The minimum Gasteiger partial charge on any atom is -0.313 e. The molecule has 0 amide bonds. The fourth-order valence-electron chi connectivity index (χ4n) is 2.12. The van der Waals surface area contributed by atoms with Gasteiger partial charge in [0.25, 0.3) is 0 Å². The first-order valence-electron chi connectivity index (χ1n) is 7.59. The molecule has 1 N–H and O–H groups in total. The van der Waals surface area contributed by atoms with Crippen LogP contribution in [0.3, 0.4) is 0 Å². The Kier molecular flexibility index (Phi) is 7.76. The van der Waals surface area contributed by atoms with E-state index >= 15 is 0 Å². The van der Waals surface area contributed by atoms with Crippen molar-refractivity contribution >= 4 is 0 Å². The summed E-state index contributed by atoms with van der Waals surface area (Å²) < 4.78 is 0. The molecule has 0 spiro atoms. The lowest BCUT2D eigenvalue weighted by Crippen LogP contribution is -2.20. The first-order chi connectivity index (χ1) is 9.11. The van der Waals surface area contributed by atoms with Gasteiger partial charge in [0.2, 0.25) is 0 Å². The summed E-state index contributed by atoms with van der Waals surface area (Å²) in [6.07, 6.45) is 2.46. The van der Waals surface area contributed by atoms with Gasteiger partial charge in [-0.3, -0.25) is 0 Å². The molecular weight excluding hydrogens is 232 g/mol. The van der Waals surface area contributed by atoms with Gasteiger partial charge in [-0.1, -0.05) is 45.0 Å². The molecule has 0 aliphatic carbocycles. The molecule has 0 heterocycles. The van der Waals surface area contributed by atoms with Gasteiger partial charge in [0.1, 0.15) is 0 Å². The highest BCUT2D eigenvalue weighted by atomic mass is 15.1. The highest BCUT2D eigenvalue weighted by Crippen LogP contribution is 2.09. The van der Waals surface area contributed by atoms with Crippen molar-refractivity contribution < 1.29 is 0 Å². The summed E-state index contributed by atoms with van der Waals surface area (Å²) in [4.78, 5) is 2.42. The fraction of sp³-hybridized carbons (Fsp3) is 0.647. The molecule has 0 radical (unpaired) electrons. The van der Waals surface area contributed by atoms with Gasteiger partial charge in [0.05, 0.1) is 0 Å². The van der Waals surface area contributed by atoms with Crippen LogP contribution < -0.4 is 5.32 Å². The smallest absolute Gasteiger partial charge is 0.0230 e. The molecule has 0 unspecified atom stereocenters. The van der Waals surface area contributed by atoms with Gasteiger partial charge in [0, 0.05) is 13.1 Å². The van der Waals surface area contributed by atoms with Crippen LogP contribution in [0.25, 0.3) is 0 Å². The van der Waals surface area contributed by atoms with Crippen LogP contribution in [-0.2, 0) is 13.1 Å². The zero-order valence-corrected chi connectivity index (χ0v) is 13.1. The summed E-state index contributed by atoms with van der Waals surface area (Å²) in [7, 11) is 2.21. The van der Waals surface area contributed by atoms with Crippen molar-refractivity contribution in [3.63, 3.8) is 0 Å². The highest BCUT2D eigenvalue weighted by Gasteiger charge is 2.03. The predicted molar refractivity (Wildman–Crippen MR) is 84.2 cm³/mol. The van der Waals surface area contributed by atoms with Crippen molar-refractivity contribution in [2.45, 2.75) is 46.7 Å². The van der Waals surface area contributed by atoms with Crippen molar-refractivity contribution in [2.24, 2.45) is 5.92 Å². The quantitative estimate of drug-likeness (QED) is 0.683. The molecule has 0 aromatic heterocycles. The van der Waals surface area contributed by atoms with E-state index in [1.54, 1.807) is 0 Å². The maximum absolute atomic E-state index is 3.46. The molecule has 0 saturated heterocycles. The van der Waals surface area contributed by atoms with Crippen molar-refractivity contribution in [2.75, 3.05) is 20.1 Å². The van der Waals surface area contributed by atoms with Crippen molar-refractivity contribution in [1.29, 1.82) is 0 Å². The standard InChI is InChI=1S/C17H30N2/c1-5-10-18-13-16-7-6-8-17(12-16)14-19(4)11-9-15(2)3/h6-8,12,15,18H,5,9-11,13-14H2,1-4H3. The minimum absolute atomic E-state index is 0.784. The summed E-state index contributed by atoms with van der Waals surface area (Å²) in [5, 5.41) is 3.46. The van der Waals surface area contributed by atoms with Crippen LogP contribution in [-0.4, -0.2) is 25.0 Å². The molecule has 19 heavy (non-hydrogen) atoms. The summed E-state index contributed by atoms with van der Waals surface area (Å²) in [5.74, 6) is 0.784. The monoisotopic (exact) mass is 262 g/mol. The molecular formula is C17H30N2. The summed E-state index contributed by atoms with van der Waals surface area (Å²) >= 11 is 0. The van der Waals surface area contributed by atoms with Crippen LogP contribution in [0.4, 0.5) is 0 Å². The Morgan fingerprint density at radius 1 is 1.21 bits per heavy atom. The molecule has 2 nitrogen and oxygen atoms in total. The second-order valence-electron chi connectivity index (χ2n) is 5.92. The molecule has 1 aromatic carbocycles. The average molecular weight is 262 g/mol. The Bertz CT molecular complexity index is 347. The molecule has 0 saturated carbocycles. The van der Waals surface area contributed by atoms with Crippen molar-refractivity contribution in [1.82, 2.24) is 10.2 Å². The maximum atomic E-state index is 3.46. The molecule has 0 atom stereocenters. The van der Waals surface area contributed by atoms with E-state index in [4.69, 9.17) is 0 Å². The van der Waals surface area contributed by atoms with Crippen LogP contribution in [0, 0.1) is 5.92 Å². The SMILES string of the molecule is CCCNCc1cccc(CN(C)CCC(C)C)c1. The van der Waals surface area contributed by atoms with E-state index in [0.29, 0.717) is 0 Å². The predicted octanol–water partition coefficient (Wildman–Crippen LogP) is 3.66. The minimum atomic E-state index is 0.784. The Hall–Kier alpha value is -0.860. The van der Waals surface area contributed by atoms with Crippen molar-refractivity contribution in [3.05, 3.63) is 35.4 Å². The number of benzene rings is 1. The maximum Gasteiger partial charge on any atom is 0.0230 e. The number of nitrogens with zero attached hydrogens (tertiary/aromatic N) is 1. The van der Waals surface area contributed by atoms with Gasteiger partial charge in [0.15, 0.2) is 0 Å².